The average molecular weight is 323 g/mol. The molecular formula is C18H17N3O3. The van der Waals surface area contributed by atoms with Gasteiger partial charge in [0, 0.05) is 29.0 Å². The van der Waals surface area contributed by atoms with Crippen molar-refractivity contribution in [2.75, 3.05) is 12.4 Å². The highest BCUT2D eigenvalue weighted by molar-refractivity contribution is 5.93. The molecule has 0 unspecified atom stereocenters. The van der Waals surface area contributed by atoms with Gasteiger partial charge in [-0.15, -0.1) is 0 Å². The molecule has 0 spiro atoms. The summed E-state index contributed by atoms with van der Waals surface area (Å²) in [4.78, 5) is 15.5. The normalized spacial score (nSPS) is 10.4. The minimum Gasteiger partial charge on any atom is -0.497 e. The Balaban J connectivity index is 1.83. The summed E-state index contributed by atoms with van der Waals surface area (Å²) in [6.45, 7) is 0. The van der Waals surface area contributed by atoms with Crippen LogP contribution in [0.5, 0.6) is 5.75 Å². The van der Waals surface area contributed by atoms with Gasteiger partial charge in [-0.25, -0.2) is 5.48 Å². The van der Waals surface area contributed by atoms with Crippen molar-refractivity contribution in [3.63, 3.8) is 0 Å². The summed E-state index contributed by atoms with van der Waals surface area (Å²) >= 11 is 0. The molecule has 24 heavy (non-hydrogen) atoms. The second-order valence-electron chi connectivity index (χ2n) is 5.28. The Hall–Kier alpha value is -3.12. The van der Waals surface area contributed by atoms with Crippen LogP contribution in [-0.2, 0) is 11.2 Å². The summed E-state index contributed by atoms with van der Waals surface area (Å²) in [6.07, 6.45) is 1.87. The number of nitrogens with zero attached hydrogens (tertiary/aromatic N) is 1. The molecule has 122 valence electrons. The van der Waals surface area contributed by atoms with Crippen molar-refractivity contribution in [3.05, 3.63) is 60.3 Å². The predicted molar refractivity (Wildman–Crippen MR) is 91.7 cm³/mol. The van der Waals surface area contributed by atoms with Crippen LogP contribution in [0.25, 0.3) is 10.9 Å². The van der Waals surface area contributed by atoms with Gasteiger partial charge in [0.15, 0.2) is 0 Å². The summed E-state index contributed by atoms with van der Waals surface area (Å²) in [5, 5.41) is 12.9. The molecule has 3 N–H and O–H groups in total. The maximum Gasteiger partial charge on any atom is 0.247 e. The van der Waals surface area contributed by atoms with Crippen molar-refractivity contribution in [3.8, 4) is 5.75 Å². The fraction of sp³-hybridized carbons (Fsp3) is 0.111. The van der Waals surface area contributed by atoms with Gasteiger partial charge in [0.1, 0.15) is 5.75 Å². The first-order valence-corrected chi connectivity index (χ1v) is 7.41. The Morgan fingerprint density at radius 1 is 1.17 bits per heavy atom. The Kier molecular flexibility index (Phi) is 4.58. The van der Waals surface area contributed by atoms with Gasteiger partial charge in [-0.3, -0.25) is 15.0 Å². The number of hydrogen-bond donors (Lipinski definition) is 3. The molecule has 0 saturated heterocycles. The summed E-state index contributed by atoms with van der Waals surface area (Å²) in [7, 11) is 1.63. The fourth-order valence-corrected chi connectivity index (χ4v) is 2.45. The molecule has 0 aliphatic carbocycles. The molecule has 0 aliphatic rings. The number of amides is 1. The molecular weight excluding hydrogens is 306 g/mol. The quantitative estimate of drug-likeness (QED) is 0.496. The molecule has 6 nitrogen and oxygen atoms in total. The summed E-state index contributed by atoms with van der Waals surface area (Å²) in [5.74, 6) is 0.323. The number of nitrogens with one attached hydrogen (secondary N) is 2. The van der Waals surface area contributed by atoms with E-state index in [9.17, 15) is 4.79 Å². The zero-order valence-electron chi connectivity index (χ0n) is 13.1. The van der Waals surface area contributed by atoms with Gasteiger partial charge in [0.25, 0.3) is 0 Å². The Bertz CT molecular complexity index is 863. The maximum atomic E-state index is 11.2. The molecule has 0 aliphatic heterocycles. The lowest BCUT2D eigenvalue weighted by atomic mass is 10.1. The standard InChI is InChI=1S/C18H17N3O3/c1-24-14-6-7-15-16(8-9-19-17(15)11-14)20-13-4-2-12(3-5-13)10-18(22)21-23/h2-9,11,23H,10H2,1H3,(H,19,20)(H,21,22). The van der Waals surface area contributed by atoms with Gasteiger partial charge < -0.3 is 10.1 Å². The van der Waals surface area contributed by atoms with E-state index in [0.29, 0.717) is 0 Å². The number of benzene rings is 2. The minimum atomic E-state index is -0.440. The van der Waals surface area contributed by atoms with Crippen LogP contribution < -0.4 is 15.5 Å². The topological polar surface area (TPSA) is 83.5 Å². The Morgan fingerprint density at radius 3 is 2.67 bits per heavy atom. The maximum absolute atomic E-state index is 11.2. The van der Waals surface area contributed by atoms with Crippen LogP contribution in [0.4, 0.5) is 11.4 Å². The van der Waals surface area contributed by atoms with E-state index in [1.807, 2.05) is 48.5 Å². The SMILES string of the molecule is COc1ccc2c(Nc3ccc(CC(=O)NO)cc3)ccnc2c1. The number of carbonyl (C=O) groups is 1. The average Bonchev–Trinajstić information content (AvgIpc) is 2.63. The largest absolute Gasteiger partial charge is 0.497 e. The number of hydrogen-bond acceptors (Lipinski definition) is 5. The highest BCUT2D eigenvalue weighted by Gasteiger charge is 2.05. The molecule has 3 rings (SSSR count). The van der Waals surface area contributed by atoms with E-state index in [2.05, 4.69) is 10.3 Å². The smallest absolute Gasteiger partial charge is 0.247 e. The van der Waals surface area contributed by atoms with Gasteiger partial charge >= 0.3 is 0 Å². The van der Waals surface area contributed by atoms with E-state index >= 15 is 0 Å². The van der Waals surface area contributed by atoms with E-state index < -0.39 is 5.91 Å². The summed E-state index contributed by atoms with van der Waals surface area (Å²) < 4.78 is 5.22. The van der Waals surface area contributed by atoms with Crippen molar-refractivity contribution in [1.82, 2.24) is 10.5 Å². The lowest BCUT2D eigenvalue weighted by molar-refractivity contribution is -0.128. The lowest BCUT2D eigenvalue weighted by Crippen LogP contribution is -2.20. The van der Waals surface area contributed by atoms with Crippen molar-refractivity contribution < 1.29 is 14.7 Å². The monoisotopic (exact) mass is 323 g/mol. The molecule has 1 heterocycles. The van der Waals surface area contributed by atoms with Crippen molar-refractivity contribution in [1.29, 1.82) is 0 Å². The first kappa shape index (κ1) is 15.8. The van der Waals surface area contributed by atoms with Crippen molar-refractivity contribution in [2.45, 2.75) is 6.42 Å². The lowest BCUT2D eigenvalue weighted by Gasteiger charge is -2.11. The van der Waals surface area contributed by atoms with E-state index in [1.165, 1.54) is 0 Å². The van der Waals surface area contributed by atoms with Gasteiger partial charge in [-0.05, 0) is 35.9 Å². The molecule has 1 amide bonds. The number of methoxy groups -OCH3 is 1. The van der Waals surface area contributed by atoms with E-state index in [1.54, 1.807) is 18.8 Å². The number of pyridine rings is 1. The number of aromatic nitrogens is 1. The van der Waals surface area contributed by atoms with Crippen LogP contribution in [0.1, 0.15) is 5.56 Å². The van der Waals surface area contributed by atoms with Crippen LogP contribution in [0.2, 0.25) is 0 Å². The van der Waals surface area contributed by atoms with Gasteiger partial charge in [-0.2, -0.15) is 0 Å². The number of fused-ring (bicyclic) bond motifs is 1. The van der Waals surface area contributed by atoms with Crippen molar-refractivity contribution in [2.24, 2.45) is 0 Å². The van der Waals surface area contributed by atoms with E-state index in [0.717, 1.165) is 33.6 Å². The van der Waals surface area contributed by atoms with E-state index in [-0.39, 0.29) is 6.42 Å². The minimum absolute atomic E-state index is 0.134. The molecule has 0 atom stereocenters. The number of ether oxygens (including phenoxy) is 1. The van der Waals surface area contributed by atoms with Crippen LogP contribution in [0.3, 0.4) is 0 Å². The number of hydroxylamine groups is 1. The highest BCUT2D eigenvalue weighted by atomic mass is 16.5. The van der Waals surface area contributed by atoms with Gasteiger partial charge in [0.05, 0.1) is 19.0 Å². The highest BCUT2D eigenvalue weighted by Crippen LogP contribution is 2.27. The fourth-order valence-electron chi connectivity index (χ4n) is 2.45. The van der Waals surface area contributed by atoms with Gasteiger partial charge in [0.2, 0.25) is 5.91 Å². The third-order valence-corrected chi connectivity index (χ3v) is 3.67. The molecule has 6 heteroatoms. The molecule has 0 fully saturated rings. The Labute approximate surface area is 139 Å². The third kappa shape index (κ3) is 3.44. The molecule has 0 radical (unpaired) electrons. The van der Waals surface area contributed by atoms with Crippen LogP contribution >= 0.6 is 0 Å². The molecule has 1 aromatic heterocycles. The number of anilines is 2. The zero-order chi connectivity index (χ0) is 16.9. The Morgan fingerprint density at radius 2 is 1.96 bits per heavy atom. The molecule has 3 aromatic rings. The number of rotatable bonds is 5. The molecule has 0 bridgehead atoms. The zero-order valence-corrected chi connectivity index (χ0v) is 13.1. The third-order valence-electron chi connectivity index (χ3n) is 3.67. The van der Waals surface area contributed by atoms with Crippen LogP contribution in [0, 0.1) is 0 Å². The van der Waals surface area contributed by atoms with Crippen molar-refractivity contribution >= 4 is 28.2 Å². The molecule has 2 aromatic carbocycles. The van der Waals surface area contributed by atoms with E-state index in [4.69, 9.17) is 9.94 Å². The second-order valence-corrected chi connectivity index (χ2v) is 5.28. The molecule has 0 saturated carbocycles. The van der Waals surface area contributed by atoms with Crippen LogP contribution in [-0.4, -0.2) is 23.2 Å². The summed E-state index contributed by atoms with van der Waals surface area (Å²) in [5.41, 5.74) is 5.11. The number of carbonyl (C=O) groups excluding carboxylic acids is 1. The van der Waals surface area contributed by atoms with Crippen LogP contribution in [0.15, 0.2) is 54.7 Å². The first-order valence-electron chi connectivity index (χ1n) is 7.41. The second kappa shape index (κ2) is 6.97. The predicted octanol–water partition coefficient (Wildman–Crippen LogP) is 3.03. The summed E-state index contributed by atoms with van der Waals surface area (Å²) in [6, 6.07) is 15.1. The first-order chi connectivity index (χ1) is 11.7. The van der Waals surface area contributed by atoms with Gasteiger partial charge in [-0.1, -0.05) is 12.1 Å².